The molecule has 1 N–H and O–H groups in total. The summed E-state index contributed by atoms with van der Waals surface area (Å²) in [5, 5.41) is 8.48. The summed E-state index contributed by atoms with van der Waals surface area (Å²) in [6.07, 6.45) is 8.56. The number of fused-ring (bicyclic) bond motifs is 6. The molecule has 0 saturated carbocycles. The number of nitrogens with one attached hydrogen (secondary N) is 1. The highest BCUT2D eigenvalue weighted by Gasteiger charge is 2.25. The maximum Gasteiger partial charge on any atom is 0.234 e. The summed E-state index contributed by atoms with van der Waals surface area (Å²) in [6, 6.07) is 51.9. The highest BCUT2D eigenvalue weighted by Crippen LogP contribution is 2.37. The number of hydrogen-bond donors (Lipinski definition) is 1. The molecule has 1 atom stereocenters. The summed E-state index contributed by atoms with van der Waals surface area (Å²) in [6.45, 7) is 0. The topological polar surface area (TPSA) is 46.6 Å². The van der Waals surface area contributed by atoms with E-state index in [0.717, 1.165) is 46.5 Å². The predicted molar refractivity (Wildman–Crippen MR) is 208 cm³/mol. The van der Waals surface area contributed by atoms with Crippen molar-refractivity contribution in [3.8, 4) is 16.8 Å². The lowest BCUT2D eigenvalue weighted by atomic mass is 10.0. The molecule has 2 aromatic heterocycles. The first-order valence-electron chi connectivity index (χ1n) is 17.3. The lowest BCUT2D eigenvalue weighted by Crippen LogP contribution is -2.41. The van der Waals surface area contributed by atoms with Gasteiger partial charge in [-0.1, -0.05) is 121 Å². The van der Waals surface area contributed by atoms with Crippen LogP contribution in [-0.4, -0.2) is 27.1 Å². The largest absolute Gasteiger partial charge is 0.344 e. The fourth-order valence-electron chi connectivity index (χ4n) is 7.66. The van der Waals surface area contributed by atoms with Crippen LogP contribution in [-0.2, 0) is 0 Å². The third-order valence-electron chi connectivity index (χ3n) is 10.0. The quantitative estimate of drug-likeness (QED) is 0.204. The van der Waals surface area contributed by atoms with Crippen molar-refractivity contribution in [2.45, 2.75) is 19.0 Å². The van der Waals surface area contributed by atoms with E-state index in [1.807, 2.05) is 6.07 Å². The van der Waals surface area contributed by atoms with Gasteiger partial charge in [0.05, 0.1) is 22.1 Å². The Hall–Kier alpha value is -6.46. The Morgan fingerprint density at radius 3 is 1.94 bits per heavy atom. The molecule has 0 bridgehead atoms. The van der Waals surface area contributed by atoms with Crippen LogP contribution in [0.5, 0.6) is 0 Å². The molecule has 5 nitrogen and oxygen atoms in total. The van der Waals surface area contributed by atoms with E-state index in [2.05, 4.69) is 172 Å². The number of nitrogens with zero attached hydrogens (tertiary/aromatic N) is 4. The summed E-state index contributed by atoms with van der Waals surface area (Å²) >= 11 is 0. The molecule has 5 heteroatoms. The third kappa shape index (κ3) is 4.62. The Labute approximate surface area is 289 Å². The molecule has 238 valence electrons. The third-order valence-corrected chi connectivity index (χ3v) is 10.0. The molecule has 50 heavy (non-hydrogen) atoms. The number of allylic oxidation sites excluding steroid dienone is 2. The first-order valence-corrected chi connectivity index (χ1v) is 17.3. The molecule has 0 radical (unpaired) electrons. The summed E-state index contributed by atoms with van der Waals surface area (Å²) in [5.74, 6) is 1.50. The molecule has 2 aliphatic rings. The molecule has 3 heterocycles. The molecular weight excluding hydrogens is 611 g/mol. The zero-order chi connectivity index (χ0) is 33.0. The number of rotatable bonds is 4. The number of para-hydroxylation sites is 3. The zero-order valence-electron chi connectivity index (χ0n) is 27.4. The molecule has 8 aromatic rings. The number of aromatic nitrogens is 2. The average Bonchev–Trinajstić information content (AvgIpc) is 3.71. The monoisotopic (exact) mass is 643 g/mol. The van der Waals surface area contributed by atoms with Gasteiger partial charge in [0.1, 0.15) is 12.0 Å². The minimum Gasteiger partial charge on any atom is -0.344 e. The lowest BCUT2D eigenvalue weighted by molar-refractivity contribution is 0.714. The number of amidine groups is 1. The normalized spacial score (nSPS) is 16.1. The highest BCUT2D eigenvalue weighted by molar-refractivity contribution is 6.18. The molecule has 0 saturated heterocycles. The van der Waals surface area contributed by atoms with Crippen molar-refractivity contribution in [2.24, 2.45) is 9.98 Å². The first kappa shape index (κ1) is 28.5. The van der Waals surface area contributed by atoms with Crippen LogP contribution in [0.25, 0.3) is 60.4 Å². The maximum absolute atomic E-state index is 5.29. The minimum absolute atomic E-state index is 0.238. The van der Waals surface area contributed by atoms with Crippen molar-refractivity contribution >= 4 is 55.4 Å². The van der Waals surface area contributed by atoms with E-state index in [4.69, 9.17) is 9.98 Å². The van der Waals surface area contributed by atoms with Gasteiger partial charge in [-0.15, -0.1) is 0 Å². The second-order valence-electron chi connectivity index (χ2n) is 13.0. The SMILES string of the molecule is C1=CC(C2N=C(n3c4ccccc4c4ccc(-c5ccc6c(c5)c5ccccc5n6-c5ccccc5)cc43)N=C(c3ccccc3)N2)=CCC1. The first-order chi connectivity index (χ1) is 24.8. The van der Waals surface area contributed by atoms with Crippen molar-refractivity contribution in [3.63, 3.8) is 0 Å². The Morgan fingerprint density at radius 1 is 0.520 bits per heavy atom. The standard InChI is InChI=1S/C45H33N5/c1-4-14-30(15-5-1)43-46-44(31-16-6-2-7-17-31)48-45(47-43)50-40-23-13-10-20-35(40)37-26-24-33(29-42(37)50)32-25-27-41-38(28-32)36-21-11-12-22-39(36)49(41)34-18-8-3-9-19-34/h1,3-6,8-29,44H,2,7H2,(H,46,47,48). The van der Waals surface area contributed by atoms with E-state index in [-0.39, 0.29) is 6.17 Å². The van der Waals surface area contributed by atoms with E-state index >= 15 is 0 Å². The van der Waals surface area contributed by atoms with Crippen molar-refractivity contribution < 1.29 is 0 Å². The Bertz CT molecular complexity index is 2720. The maximum atomic E-state index is 5.29. The average molecular weight is 644 g/mol. The Balaban J connectivity index is 1.18. The van der Waals surface area contributed by atoms with Gasteiger partial charge in [-0.05, 0) is 72.0 Å². The van der Waals surface area contributed by atoms with E-state index in [1.165, 1.54) is 43.7 Å². The Kier molecular flexibility index (Phi) is 6.62. The summed E-state index contributed by atoms with van der Waals surface area (Å²) in [5.41, 5.74) is 10.3. The van der Waals surface area contributed by atoms with E-state index in [9.17, 15) is 0 Å². The van der Waals surface area contributed by atoms with Gasteiger partial charge in [-0.3, -0.25) is 4.57 Å². The fraction of sp³-hybridized carbons (Fsp3) is 0.0667. The van der Waals surface area contributed by atoms with Crippen molar-refractivity contribution in [3.05, 3.63) is 175 Å². The lowest BCUT2D eigenvalue weighted by Gasteiger charge is -2.25. The van der Waals surface area contributed by atoms with Crippen molar-refractivity contribution in [2.75, 3.05) is 0 Å². The summed E-state index contributed by atoms with van der Waals surface area (Å²) in [4.78, 5) is 10.5. The van der Waals surface area contributed by atoms with E-state index in [0.29, 0.717) is 5.96 Å². The van der Waals surface area contributed by atoms with Gasteiger partial charge in [0.25, 0.3) is 0 Å². The van der Waals surface area contributed by atoms with Gasteiger partial charge < -0.3 is 9.88 Å². The Morgan fingerprint density at radius 2 is 1.16 bits per heavy atom. The molecule has 0 spiro atoms. The van der Waals surface area contributed by atoms with Crippen LogP contribution in [0.15, 0.2) is 179 Å². The summed E-state index contributed by atoms with van der Waals surface area (Å²) < 4.78 is 4.61. The molecule has 1 aliphatic carbocycles. The van der Waals surface area contributed by atoms with Crippen LogP contribution in [0.1, 0.15) is 18.4 Å². The van der Waals surface area contributed by atoms with Gasteiger partial charge in [0, 0.05) is 32.8 Å². The molecule has 10 rings (SSSR count). The van der Waals surface area contributed by atoms with Crippen LogP contribution in [0, 0.1) is 0 Å². The molecule has 6 aromatic carbocycles. The van der Waals surface area contributed by atoms with Gasteiger partial charge >= 0.3 is 0 Å². The highest BCUT2D eigenvalue weighted by atomic mass is 15.3. The fourth-order valence-corrected chi connectivity index (χ4v) is 7.66. The predicted octanol–water partition coefficient (Wildman–Crippen LogP) is 10.4. The van der Waals surface area contributed by atoms with Crippen LogP contribution in [0.3, 0.4) is 0 Å². The smallest absolute Gasteiger partial charge is 0.234 e. The summed E-state index contributed by atoms with van der Waals surface area (Å²) in [7, 11) is 0. The van der Waals surface area contributed by atoms with Crippen LogP contribution < -0.4 is 5.32 Å². The van der Waals surface area contributed by atoms with Crippen LogP contribution >= 0.6 is 0 Å². The van der Waals surface area contributed by atoms with Gasteiger partial charge in [0.15, 0.2) is 0 Å². The zero-order valence-corrected chi connectivity index (χ0v) is 27.4. The number of aliphatic imine (C=N–C) groups is 2. The molecule has 1 aliphatic heterocycles. The van der Waals surface area contributed by atoms with Gasteiger partial charge in [-0.25, -0.2) is 4.99 Å². The molecule has 1 unspecified atom stereocenters. The van der Waals surface area contributed by atoms with Crippen molar-refractivity contribution in [1.82, 2.24) is 14.5 Å². The van der Waals surface area contributed by atoms with E-state index in [1.54, 1.807) is 0 Å². The molecule has 0 fully saturated rings. The van der Waals surface area contributed by atoms with Gasteiger partial charge in [-0.2, -0.15) is 4.99 Å². The van der Waals surface area contributed by atoms with Crippen molar-refractivity contribution in [1.29, 1.82) is 0 Å². The van der Waals surface area contributed by atoms with Crippen LogP contribution in [0.2, 0.25) is 0 Å². The molecule has 0 amide bonds. The number of hydrogen-bond acceptors (Lipinski definition) is 3. The van der Waals surface area contributed by atoms with Crippen LogP contribution in [0.4, 0.5) is 0 Å². The minimum atomic E-state index is -0.238. The second-order valence-corrected chi connectivity index (χ2v) is 13.0. The van der Waals surface area contributed by atoms with E-state index < -0.39 is 0 Å². The number of benzene rings is 6. The second kappa shape index (κ2) is 11.6. The van der Waals surface area contributed by atoms with Gasteiger partial charge in [0.2, 0.25) is 5.96 Å². The molecular formula is C45H33N5.